The van der Waals surface area contributed by atoms with Crippen LogP contribution in [0.1, 0.15) is 29.2 Å². The molecule has 0 bridgehead atoms. The first kappa shape index (κ1) is 28.9. The predicted molar refractivity (Wildman–Crippen MR) is 155 cm³/mol. The highest BCUT2D eigenvalue weighted by molar-refractivity contribution is 6.40. The van der Waals surface area contributed by atoms with Crippen LogP contribution in [0.5, 0.6) is 0 Å². The van der Waals surface area contributed by atoms with Gasteiger partial charge in [-0.3, -0.25) is 13.9 Å². The van der Waals surface area contributed by atoms with Crippen molar-refractivity contribution in [2.24, 2.45) is 0 Å². The van der Waals surface area contributed by atoms with Crippen LogP contribution in [0, 0.1) is 0 Å². The van der Waals surface area contributed by atoms with Crippen molar-refractivity contribution in [2.45, 2.75) is 31.5 Å². The number of aliphatic carboxylic acids is 1. The molecule has 13 nitrogen and oxygen atoms in total. The quantitative estimate of drug-likeness (QED) is 0.248. The van der Waals surface area contributed by atoms with Crippen LogP contribution >= 0.6 is 23.2 Å². The number of piperidine rings is 1. The standard InChI is InChI=1S/C27H25Cl2N7O6/c28-16-4-3-5-17(29)22(16)23(37)32-21-10-13-35(26(41)33-21)14-19(24(38)39)31-25(40)34-11-8-15(9-12-34)36-20-7-2-1-6-18(20)30-27(36)42/h1-7,10,13,15,19H,8-9,11-12,14H2,(H,30,42)(H,31,40)(H,38,39)(H,32,33,37,41)/t19-/m0/s1. The predicted octanol–water partition coefficient (Wildman–Crippen LogP) is 2.95. The summed E-state index contributed by atoms with van der Waals surface area (Å²) in [6, 6.07) is 11.1. The number of para-hydroxylation sites is 2. The number of carboxylic acid groups (broad SMARTS) is 1. The number of hydrogen-bond donors (Lipinski definition) is 4. The van der Waals surface area contributed by atoms with Gasteiger partial charge in [-0.2, -0.15) is 4.98 Å². The molecular formula is C27H25Cl2N7O6. The van der Waals surface area contributed by atoms with Gasteiger partial charge in [0.15, 0.2) is 0 Å². The highest BCUT2D eigenvalue weighted by atomic mass is 35.5. The SMILES string of the molecule is O=C(Nc1ccn(C[C@H](NC(=O)N2CCC(n3c(=O)[nH]c4ccccc43)CC2)C(=O)O)c(=O)n1)c1c(Cl)cccc1Cl. The monoisotopic (exact) mass is 613 g/mol. The number of benzene rings is 2. The minimum atomic E-state index is -1.44. The van der Waals surface area contributed by atoms with Crippen LogP contribution in [-0.2, 0) is 11.3 Å². The number of carbonyl (C=O) groups excluding carboxylic acids is 2. The summed E-state index contributed by atoms with van der Waals surface area (Å²) < 4.78 is 2.70. The third kappa shape index (κ3) is 6.02. The number of hydrogen-bond acceptors (Lipinski definition) is 6. The highest BCUT2D eigenvalue weighted by Crippen LogP contribution is 2.26. The van der Waals surface area contributed by atoms with Gasteiger partial charge in [-0.05, 0) is 43.2 Å². The van der Waals surface area contributed by atoms with Crippen molar-refractivity contribution >= 4 is 58.0 Å². The van der Waals surface area contributed by atoms with Gasteiger partial charge in [-0.15, -0.1) is 0 Å². The highest BCUT2D eigenvalue weighted by Gasteiger charge is 2.29. The van der Waals surface area contributed by atoms with Crippen molar-refractivity contribution in [1.82, 2.24) is 29.3 Å². The zero-order valence-electron chi connectivity index (χ0n) is 21.9. The van der Waals surface area contributed by atoms with Gasteiger partial charge in [0.05, 0.1) is 33.2 Å². The molecule has 2 aromatic heterocycles. The van der Waals surface area contributed by atoms with E-state index in [0.717, 1.165) is 15.6 Å². The summed E-state index contributed by atoms with van der Waals surface area (Å²) in [5.41, 5.74) is 0.467. The number of halogens is 2. The Bertz CT molecular complexity index is 1770. The Morgan fingerprint density at radius 3 is 2.38 bits per heavy atom. The fourth-order valence-corrected chi connectivity index (χ4v) is 5.49. The van der Waals surface area contributed by atoms with Gasteiger partial charge in [0.1, 0.15) is 11.9 Å². The van der Waals surface area contributed by atoms with Crippen molar-refractivity contribution < 1.29 is 19.5 Å². The maximum atomic E-state index is 12.9. The number of carbonyl (C=O) groups is 3. The molecule has 42 heavy (non-hydrogen) atoms. The topological polar surface area (TPSA) is 171 Å². The molecule has 0 spiro atoms. The van der Waals surface area contributed by atoms with E-state index < -0.39 is 36.2 Å². The zero-order chi connectivity index (χ0) is 30.0. The molecule has 0 radical (unpaired) electrons. The average Bonchev–Trinajstić information content (AvgIpc) is 3.29. The number of nitrogens with zero attached hydrogens (tertiary/aromatic N) is 4. The van der Waals surface area contributed by atoms with Crippen molar-refractivity contribution in [1.29, 1.82) is 0 Å². The van der Waals surface area contributed by atoms with E-state index in [0.29, 0.717) is 25.9 Å². The summed E-state index contributed by atoms with van der Waals surface area (Å²) in [5, 5.41) is 14.9. The molecule has 15 heteroatoms. The van der Waals surface area contributed by atoms with Gasteiger partial charge >= 0.3 is 23.4 Å². The van der Waals surface area contributed by atoms with Gasteiger partial charge in [-0.1, -0.05) is 41.4 Å². The molecule has 2 aromatic carbocycles. The summed E-state index contributed by atoms with van der Waals surface area (Å²) in [6.45, 7) is 0.207. The fourth-order valence-electron chi connectivity index (χ4n) is 4.92. The second kappa shape index (κ2) is 12.1. The van der Waals surface area contributed by atoms with E-state index in [2.05, 4.69) is 20.6 Å². The molecule has 1 saturated heterocycles. The summed E-state index contributed by atoms with van der Waals surface area (Å²) in [7, 11) is 0. The molecule has 0 unspecified atom stereocenters. The average molecular weight is 614 g/mol. The van der Waals surface area contributed by atoms with E-state index in [1.165, 1.54) is 29.3 Å². The summed E-state index contributed by atoms with van der Waals surface area (Å²) in [4.78, 5) is 70.7. The largest absolute Gasteiger partial charge is 0.480 e. The van der Waals surface area contributed by atoms with Crippen molar-refractivity contribution in [3.63, 3.8) is 0 Å². The number of likely N-dealkylation sites (tertiary alicyclic amines) is 1. The minimum absolute atomic E-state index is 0.0120. The van der Waals surface area contributed by atoms with Crippen molar-refractivity contribution in [3.8, 4) is 0 Å². The van der Waals surface area contributed by atoms with Crippen LogP contribution in [0.15, 0.2) is 64.3 Å². The summed E-state index contributed by atoms with van der Waals surface area (Å²) >= 11 is 12.1. The van der Waals surface area contributed by atoms with Gasteiger partial charge in [0.25, 0.3) is 5.91 Å². The van der Waals surface area contributed by atoms with Gasteiger partial charge in [-0.25, -0.2) is 19.2 Å². The first-order valence-electron chi connectivity index (χ1n) is 12.9. The Kier molecular flexibility index (Phi) is 8.31. The molecule has 0 saturated carbocycles. The number of rotatable bonds is 7. The molecular weight excluding hydrogens is 589 g/mol. The maximum absolute atomic E-state index is 12.9. The Morgan fingerprint density at radius 2 is 1.71 bits per heavy atom. The number of aromatic nitrogens is 4. The van der Waals surface area contributed by atoms with Crippen LogP contribution in [-0.4, -0.2) is 66.1 Å². The molecule has 1 aliphatic rings. The van der Waals surface area contributed by atoms with E-state index in [1.807, 2.05) is 24.3 Å². The molecule has 4 N–H and O–H groups in total. The maximum Gasteiger partial charge on any atom is 0.349 e. The van der Waals surface area contributed by atoms with Crippen LogP contribution < -0.4 is 22.0 Å². The first-order valence-corrected chi connectivity index (χ1v) is 13.7. The number of H-pyrrole nitrogens is 1. The zero-order valence-corrected chi connectivity index (χ0v) is 23.4. The molecule has 1 atom stereocenters. The number of fused-ring (bicyclic) bond motifs is 1. The van der Waals surface area contributed by atoms with E-state index in [9.17, 15) is 29.1 Å². The number of urea groups is 1. The molecule has 0 aliphatic carbocycles. The second-order valence-electron chi connectivity index (χ2n) is 9.67. The number of carboxylic acids is 1. The van der Waals surface area contributed by atoms with E-state index >= 15 is 0 Å². The van der Waals surface area contributed by atoms with Gasteiger partial charge < -0.3 is 25.6 Å². The number of aromatic amines is 1. The first-order chi connectivity index (χ1) is 20.1. The lowest BCUT2D eigenvalue weighted by Crippen LogP contribution is -2.52. The smallest absolute Gasteiger partial charge is 0.349 e. The Labute approximate surface area is 247 Å². The lowest BCUT2D eigenvalue weighted by atomic mass is 10.0. The molecule has 3 amide bonds. The minimum Gasteiger partial charge on any atom is -0.480 e. The van der Waals surface area contributed by atoms with Crippen LogP contribution in [0.4, 0.5) is 10.6 Å². The number of nitrogens with one attached hydrogen (secondary N) is 3. The Hall–Kier alpha value is -4.62. The van der Waals surface area contributed by atoms with E-state index in [-0.39, 0.29) is 33.2 Å². The Balaban J connectivity index is 1.20. The normalized spacial score (nSPS) is 14.5. The van der Waals surface area contributed by atoms with Gasteiger partial charge in [0, 0.05) is 25.3 Å². The lowest BCUT2D eigenvalue weighted by Gasteiger charge is -2.33. The summed E-state index contributed by atoms with van der Waals surface area (Å²) in [6.07, 6.45) is 2.26. The van der Waals surface area contributed by atoms with Crippen molar-refractivity contribution in [3.05, 3.63) is 91.3 Å². The fraction of sp³-hybridized carbons (Fsp3) is 0.259. The molecule has 1 aliphatic heterocycles. The third-order valence-electron chi connectivity index (χ3n) is 7.02. The lowest BCUT2D eigenvalue weighted by molar-refractivity contribution is -0.139. The van der Waals surface area contributed by atoms with E-state index in [1.54, 1.807) is 10.6 Å². The number of amides is 3. The van der Waals surface area contributed by atoms with Crippen LogP contribution in [0.2, 0.25) is 10.0 Å². The third-order valence-corrected chi connectivity index (χ3v) is 7.65. The number of imidazole rings is 1. The molecule has 218 valence electrons. The number of anilines is 1. The van der Waals surface area contributed by atoms with E-state index in [4.69, 9.17) is 23.2 Å². The Morgan fingerprint density at radius 1 is 1.02 bits per heavy atom. The second-order valence-corrected chi connectivity index (χ2v) is 10.5. The van der Waals surface area contributed by atoms with Gasteiger partial charge in [0.2, 0.25) is 0 Å². The molecule has 1 fully saturated rings. The molecule has 4 aromatic rings. The van der Waals surface area contributed by atoms with Crippen molar-refractivity contribution in [2.75, 3.05) is 18.4 Å². The van der Waals surface area contributed by atoms with Crippen LogP contribution in [0.3, 0.4) is 0 Å². The molecule has 5 rings (SSSR count). The molecule has 3 heterocycles. The van der Waals surface area contributed by atoms with Crippen LogP contribution in [0.25, 0.3) is 11.0 Å². The summed E-state index contributed by atoms with van der Waals surface area (Å²) in [5.74, 6) is -2.11.